The zero-order valence-electron chi connectivity index (χ0n) is 20.1. The summed E-state index contributed by atoms with van der Waals surface area (Å²) in [5.74, 6) is -0.306. The van der Waals surface area contributed by atoms with Crippen LogP contribution in [0.5, 0.6) is 0 Å². The highest BCUT2D eigenvalue weighted by molar-refractivity contribution is 6.38. The van der Waals surface area contributed by atoms with Crippen LogP contribution in [-0.2, 0) is 12.4 Å². The maximum atomic E-state index is 12.7. The number of hydrogen-bond acceptors (Lipinski definition) is 7. The van der Waals surface area contributed by atoms with Crippen LogP contribution in [0.3, 0.4) is 0 Å². The molecule has 0 spiro atoms. The number of nitrogens with two attached hydrogens (primary N) is 3. The van der Waals surface area contributed by atoms with Gasteiger partial charge in [-0.2, -0.15) is 41.8 Å². The van der Waals surface area contributed by atoms with Gasteiger partial charge in [0.05, 0.1) is 31.2 Å². The molecule has 0 aliphatic carbocycles. The first-order valence-electron chi connectivity index (χ1n) is 10.6. The van der Waals surface area contributed by atoms with E-state index in [9.17, 15) is 26.3 Å². The van der Waals surface area contributed by atoms with Crippen LogP contribution in [-0.4, -0.2) is 30.6 Å². The van der Waals surface area contributed by atoms with Gasteiger partial charge < -0.3 is 22.4 Å². The van der Waals surface area contributed by atoms with Crippen molar-refractivity contribution in [1.82, 2.24) is 19.6 Å². The van der Waals surface area contributed by atoms with Gasteiger partial charge in [0.25, 0.3) is 0 Å². The van der Waals surface area contributed by atoms with Crippen molar-refractivity contribution in [3.05, 3.63) is 79.0 Å². The molecule has 0 saturated carbocycles. The predicted octanol–water partition coefficient (Wildman–Crippen LogP) is 6.53. The third kappa shape index (κ3) is 6.87. The predicted molar refractivity (Wildman–Crippen MR) is 143 cm³/mol. The number of hydrogen-bond donors (Lipinski definition) is 4. The van der Waals surface area contributed by atoms with Crippen LogP contribution in [0, 0.1) is 11.3 Å². The van der Waals surface area contributed by atoms with Crippen molar-refractivity contribution in [3.8, 4) is 17.4 Å². The number of nitriles is 1. The zero-order valence-corrected chi connectivity index (χ0v) is 23.1. The molecule has 10 nitrogen and oxygen atoms in total. The lowest BCUT2D eigenvalue weighted by atomic mass is 10.2. The molecule has 2 aromatic carbocycles. The number of halogens is 10. The van der Waals surface area contributed by atoms with Crippen LogP contribution in [0.15, 0.2) is 41.6 Å². The highest BCUT2D eigenvalue weighted by Crippen LogP contribution is 2.39. The minimum absolute atomic E-state index is 0.00506. The maximum absolute atomic E-state index is 12.7. The molecule has 0 unspecified atom stereocenters. The summed E-state index contributed by atoms with van der Waals surface area (Å²) in [5.41, 5.74) is 14.6. The molecule has 0 saturated heterocycles. The second kappa shape index (κ2) is 12.1. The second-order valence-electron chi connectivity index (χ2n) is 7.90. The smallest absolute Gasteiger partial charge is 0.409 e. The average Bonchev–Trinajstić information content (AvgIpc) is 3.44. The van der Waals surface area contributed by atoms with Crippen molar-refractivity contribution in [2.24, 2.45) is 10.9 Å². The van der Waals surface area contributed by atoms with Crippen molar-refractivity contribution < 1.29 is 31.5 Å². The quantitative estimate of drug-likeness (QED) is 0.0629. The number of alkyl halides is 6. The fraction of sp³-hybridized carbons (Fsp3) is 0.0909. The van der Waals surface area contributed by atoms with Gasteiger partial charge in [-0.1, -0.05) is 51.6 Å². The Morgan fingerprint density at radius 1 is 0.762 bits per heavy atom. The molecular formula is C22H13Cl4F6N9O. The van der Waals surface area contributed by atoms with Crippen LogP contribution in [0.4, 0.5) is 38.0 Å². The minimum Gasteiger partial charge on any atom is -0.409 e. The van der Waals surface area contributed by atoms with E-state index in [1.54, 1.807) is 6.07 Å². The summed E-state index contributed by atoms with van der Waals surface area (Å²) in [6.07, 6.45) is -9.17. The summed E-state index contributed by atoms with van der Waals surface area (Å²) >= 11 is 23.3. The number of nitrogens with zero attached hydrogens (tertiary/aromatic N) is 6. The lowest BCUT2D eigenvalue weighted by Gasteiger charge is -2.13. The summed E-state index contributed by atoms with van der Waals surface area (Å²) in [6.45, 7) is 0. The molecule has 7 N–H and O–H groups in total. The number of rotatable bonds is 3. The Kier molecular flexibility index (Phi) is 9.32. The Balaban J connectivity index is 0.000000231. The zero-order chi connectivity index (χ0) is 31.7. The Morgan fingerprint density at radius 3 is 1.48 bits per heavy atom. The molecule has 0 radical (unpaired) electrons. The number of nitrogen functional groups attached to an aromatic ring is 2. The van der Waals surface area contributed by atoms with Gasteiger partial charge in [0, 0.05) is 12.1 Å². The largest absolute Gasteiger partial charge is 0.416 e. The number of amidine groups is 1. The average molecular weight is 675 g/mol. The first-order chi connectivity index (χ1) is 19.4. The molecule has 42 heavy (non-hydrogen) atoms. The van der Waals surface area contributed by atoms with Crippen molar-refractivity contribution >= 4 is 63.9 Å². The molecule has 2 heterocycles. The van der Waals surface area contributed by atoms with Gasteiger partial charge in [-0.25, -0.2) is 9.36 Å². The van der Waals surface area contributed by atoms with Crippen molar-refractivity contribution in [1.29, 1.82) is 5.26 Å². The van der Waals surface area contributed by atoms with Crippen LogP contribution >= 0.6 is 46.4 Å². The first kappa shape index (κ1) is 32.5. The lowest BCUT2D eigenvalue weighted by molar-refractivity contribution is -0.138. The molecule has 0 bridgehead atoms. The molecule has 0 atom stereocenters. The third-order valence-electron chi connectivity index (χ3n) is 5.07. The first-order valence-corrected chi connectivity index (χ1v) is 12.1. The van der Waals surface area contributed by atoms with Gasteiger partial charge in [0.1, 0.15) is 34.8 Å². The number of oxime groups is 1. The van der Waals surface area contributed by atoms with Gasteiger partial charge in [-0.05, 0) is 24.3 Å². The van der Waals surface area contributed by atoms with E-state index in [1.165, 1.54) is 12.1 Å². The highest BCUT2D eigenvalue weighted by Gasteiger charge is 2.33. The van der Waals surface area contributed by atoms with E-state index in [0.717, 1.165) is 21.5 Å². The van der Waals surface area contributed by atoms with Crippen molar-refractivity contribution in [2.75, 3.05) is 11.5 Å². The van der Waals surface area contributed by atoms with E-state index in [2.05, 4.69) is 15.4 Å². The Morgan fingerprint density at radius 2 is 1.14 bits per heavy atom. The van der Waals surface area contributed by atoms with Crippen LogP contribution in [0.2, 0.25) is 20.1 Å². The van der Waals surface area contributed by atoms with E-state index in [4.69, 9.17) is 74.1 Å². The van der Waals surface area contributed by atoms with Gasteiger partial charge in [0.2, 0.25) is 0 Å². The van der Waals surface area contributed by atoms with E-state index >= 15 is 0 Å². The van der Waals surface area contributed by atoms with Crippen LogP contribution in [0.25, 0.3) is 11.4 Å². The molecule has 222 valence electrons. The number of benzene rings is 2. The summed E-state index contributed by atoms with van der Waals surface area (Å²) in [6, 6.07) is 7.10. The van der Waals surface area contributed by atoms with Crippen LogP contribution in [0.1, 0.15) is 22.5 Å². The molecule has 20 heteroatoms. The standard InChI is InChI=1S/C11H8Cl2F3N5O.C11H5Cl2F3N4/c12-5-1-4(11(14,15)16)2-6(13)9(5)21-8(17)3-7(19-21)10(18)20-22;12-7-1-5(11(14,15)16)2-8(13)10(7)20-9(18)3-6(4-17)19-20/h1-3,22H,17H2,(H2,18,20);1-3H,18H2. The summed E-state index contributed by atoms with van der Waals surface area (Å²) in [5, 5.41) is 26.6. The van der Waals surface area contributed by atoms with Gasteiger partial charge >= 0.3 is 12.4 Å². The molecule has 4 rings (SSSR count). The fourth-order valence-electron chi connectivity index (χ4n) is 3.24. The third-order valence-corrected chi connectivity index (χ3v) is 6.22. The molecule has 4 aromatic rings. The fourth-order valence-corrected chi connectivity index (χ4v) is 4.54. The summed E-state index contributed by atoms with van der Waals surface area (Å²) in [4.78, 5) is 0. The SMILES string of the molecule is N#Cc1cc(N)n(-c2c(Cl)cc(C(F)(F)F)cc2Cl)n1.NC(=NO)c1cc(N)n(-c2c(Cl)cc(C(F)(F)F)cc2Cl)n1. The monoisotopic (exact) mass is 673 g/mol. The van der Waals surface area contributed by atoms with E-state index < -0.39 is 23.5 Å². The normalized spacial score (nSPS) is 12.1. The molecule has 2 aromatic heterocycles. The van der Waals surface area contributed by atoms with Crippen molar-refractivity contribution in [3.63, 3.8) is 0 Å². The maximum Gasteiger partial charge on any atom is 0.416 e. The number of anilines is 2. The molecular weight excluding hydrogens is 662 g/mol. The van der Waals surface area contributed by atoms with Gasteiger partial charge in [-0.3, -0.25) is 0 Å². The van der Waals surface area contributed by atoms with Gasteiger partial charge in [-0.15, -0.1) is 0 Å². The minimum atomic E-state index is -4.60. The Hall–Kier alpha value is -4.04. The van der Waals surface area contributed by atoms with E-state index in [-0.39, 0.29) is 60.3 Å². The van der Waals surface area contributed by atoms with Crippen LogP contribution < -0.4 is 17.2 Å². The Bertz CT molecular complexity index is 1680. The highest BCUT2D eigenvalue weighted by atomic mass is 35.5. The van der Waals surface area contributed by atoms with Crippen molar-refractivity contribution in [2.45, 2.75) is 12.4 Å². The summed E-state index contributed by atoms with van der Waals surface area (Å²) in [7, 11) is 0. The van der Waals surface area contributed by atoms with E-state index in [0.29, 0.717) is 12.1 Å². The second-order valence-corrected chi connectivity index (χ2v) is 9.53. The molecule has 0 aliphatic heterocycles. The van der Waals surface area contributed by atoms with E-state index in [1.807, 2.05) is 0 Å². The molecule has 0 amide bonds. The molecule has 0 fully saturated rings. The molecule has 0 aliphatic rings. The topological polar surface area (TPSA) is 170 Å². The Labute approximate surface area is 251 Å². The summed E-state index contributed by atoms with van der Waals surface area (Å²) < 4.78 is 77.9. The van der Waals surface area contributed by atoms with Gasteiger partial charge in [0.15, 0.2) is 11.5 Å². The number of aromatic nitrogens is 4. The lowest BCUT2D eigenvalue weighted by Crippen LogP contribution is -2.14.